The molecule has 0 aliphatic rings. The van der Waals surface area contributed by atoms with Gasteiger partial charge in [-0.2, -0.15) is 5.26 Å². The second-order valence-electron chi connectivity index (χ2n) is 5.06. The third-order valence-corrected chi connectivity index (χ3v) is 3.37. The average molecular weight is 341 g/mol. The monoisotopic (exact) mass is 340 g/mol. The molecule has 24 heavy (non-hydrogen) atoms. The summed E-state index contributed by atoms with van der Waals surface area (Å²) in [7, 11) is 0. The van der Waals surface area contributed by atoms with E-state index in [1.807, 2.05) is 42.5 Å². The topological polar surface area (TPSA) is 62.1 Å². The van der Waals surface area contributed by atoms with Crippen molar-refractivity contribution < 1.29 is 9.53 Å². The highest BCUT2D eigenvalue weighted by Crippen LogP contribution is 2.15. The van der Waals surface area contributed by atoms with Crippen LogP contribution in [-0.2, 0) is 11.3 Å². The number of rotatable bonds is 6. The maximum Gasteiger partial charge on any atom is 0.407 e. The van der Waals surface area contributed by atoms with E-state index in [9.17, 15) is 4.79 Å². The first-order valence-corrected chi connectivity index (χ1v) is 7.87. The van der Waals surface area contributed by atoms with Crippen molar-refractivity contribution in [3.8, 4) is 6.07 Å². The highest BCUT2D eigenvalue weighted by atomic mass is 35.5. The van der Waals surface area contributed by atoms with E-state index in [2.05, 4.69) is 11.4 Å². The van der Waals surface area contributed by atoms with Gasteiger partial charge in [0.25, 0.3) is 0 Å². The lowest BCUT2D eigenvalue weighted by Crippen LogP contribution is -2.24. The maximum absolute atomic E-state index is 11.6. The number of nitriles is 1. The minimum absolute atomic E-state index is 0.252. The minimum atomic E-state index is -0.443. The number of alkyl carbamates (subject to hydrolysis) is 1. The number of ether oxygens (including phenoxy) is 1. The largest absolute Gasteiger partial charge is 0.445 e. The van der Waals surface area contributed by atoms with Crippen LogP contribution in [0, 0.1) is 11.3 Å². The molecule has 1 amide bonds. The minimum Gasteiger partial charge on any atom is -0.445 e. The second-order valence-corrected chi connectivity index (χ2v) is 5.50. The van der Waals surface area contributed by atoms with Gasteiger partial charge in [0.1, 0.15) is 6.61 Å². The molecule has 1 N–H and O–H groups in total. The van der Waals surface area contributed by atoms with Gasteiger partial charge in [-0.1, -0.05) is 54.1 Å². The Bertz CT molecular complexity index is 752. The van der Waals surface area contributed by atoms with Crippen LogP contribution in [0.2, 0.25) is 5.02 Å². The molecule has 0 aromatic heterocycles. The number of hydrogen-bond donors (Lipinski definition) is 1. The van der Waals surface area contributed by atoms with Gasteiger partial charge >= 0.3 is 6.09 Å². The van der Waals surface area contributed by atoms with Gasteiger partial charge in [-0.05, 0) is 35.7 Å². The molecule has 0 heterocycles. The molecule has 5 heteroatoms. The SMILES string of the molecule is N#Cc1cc(Cl)cc(C=CCCNC(=O)OCc2ccccc2)c1. The Morgan fingerprint density at radius 1 is 1.25 bits per heavy atom. The Balaban J connectivity index is 1.70. The lowest BCUT2D eigenvalue weighted by Gasteiger charge is -2.05. The van der Waals surface area contributed by atoms with Gasteiger partial charge < -0.3 is 10.1 Å². The van der Waals surface area contributed by atoms with E-state index >= 15 is 0 Å². The summed E-state index contributed by atoms with van der Waals surface area (Å²) in [4.78, 5) is 11.6. The molecule has 0 spiro atoms. The van der Waals surface area contributed by atoms with Crippen molar-refractivity contribution in [2.45, 2.75) is 13.0 Å². The van der Waals surface area contributed by atoms with Gasteiger partial charge in [0, 0.05) is 11.6 Å². The molecule has 0 fully saturated rings. The normalized spacial score (nSPS) is 10.3. The Labute approximate surface area is 146 Å². The Morgan fingerprint density at radius 2 is 2.04 bits per heavy atom. The third-order valence-electron chi connectivity index (χ3n) is 3.15. The Morgan fingerprint density at radius 3 is 2.79 bits per heavy atom. The molecule has 0 atom stereocenters. The molecule has 0 aliphatic carbocycles. The molecule has 0 radical (unpaired) electrons. The average Bonchev–Trinajstić information content (AvgIpc) is 2.60. The van der Waals surface area contributed by atoms with Crippen LogP contribution in [0.15, 0.2) is 54.6 Å². The lowest BCUT2D eigenvalue weighted by molar-refractivity contribution is 0.140. The maximum atomic E-state index is 11.6. The summed E-state index contributed by atoms with van der Waals surface area (Å²) in [6, 6.07) is 16.7. The molecule has 2 rings (SSSR count). The summed E-state index contributed by atoms with van der Waals surface area (Å²) < 4.78 is 5.11. The van der Waals surface area contributed by atoms with Crippen LogP contribution in [0.25, 0.3) is 6.08 Å². The number of benzene rings is 2. The van der Waals surface area contributed by atoms with Crippen LogP contribution in [0.4, 0.5) is 4.79 Å². The van der Waals surface area contributed by atoms with Crippen molar-refractivity contribution in [1.82, 2.24) is 5.32 Å². The molecule has 0 aliphatic heterocycles. The molecular weight excluding hydrogens is 324 g/mol. The summed E-state index contributed by atoms with van der Waals surface area (Å²) in [5, 5.41) is 12.1. The fraction of sp³-hybridized carbons (Fsp3) is 0.158. The highest BCUT2D eigenvalue weighted by Gasteiger charge is 2.01. The number of nitrogens with one attached hydrogen (secondary N) is 1. The van der Waals surface area contributed by atoms with Crippen molar-refractivity contribution in [1.29, 1.82) is 5.26 Å². The van der Waals surface area contributed by atoms with Crippen molar-refractivity contribution >= 4 is 23.8 Å². The molecule has 0 bridgehead atoms. The predicted octanol–water partition coefficient (Wildman–Crippen LogP) is 4.54. The Kier molecular flexibility index (Phi) is 6.88. The zero-order chi connectivity index (χ0) is 17.2. The van der Waals surface area contributed by atoms with E-state index in [4.69, 9.17) is 21.6 Å². The van der Waals surface area contributed by atoms with Gasteiger partial charge in [-0.3, -0.25) is 0 Å². The summed E-state index contributed by atoms with van der Waals surface area (Å²) in [6.45, 7) is 0.720. The van der Waals surface area contributed by atoms with Crippen LogP contribution < -0.4 is 5.32 Å². The summed E-state index contributed by atoms with van der Waals surface area (Å²) in [6.07, 6.45) is 3.98. The molecule has 4 nitrogen and oxygen atoms in total. The number of halogens is 1. The van der Waals surface area contributed by atoms with E-state index in [-0.39, 0.29) is 6.61 Å². The first-order chi connectivity index (χ1) is 11.7. The van der Waals surface area contributed by atoms with Gasteiger partial charge in [-0.15, -0.1) is 0 Å². The third kappa shape index (κ3) is 6.15. The van der Waals surface area contributed by atoms with Gasteiger partial charge in [0.05, 0.1) is 11.6 Å². The first-order valence-electron chi connectivity index (χ1n) is 7.49. The molecule has 0 unspecified atom stereocenters. The standard InChI is InChI=1S/C19H17ClN2O2/c20-18-11-16(10-17(12-18)13-21)8-4-5-9-22-19(23)24-14-15-6-2-1-3-7-15/h1-4,6-8,10-12H,5,9,14H2,(H,22,23). The molecule has 2 aromatic rings. The van der Waals surface area contributed by atoms with Crippen LogP contribution in [0.3, 0.4) is 0 Å². The number of nitrogens with zero attached hydrogens (tertiary/aromatic N) is 1. The molecule has 122 valence electrons. The number of carbonyl (C=O) groups excluding carboxylic acids is 1. The number of amides is 1. The first kappa shape index (κ1) is 17.6. The molecular formula is C19H17ClN2O2. The van der Waals surface area contributed by atoms with Crippen LogP contribution in [0.5, 0.6) is 0 Å². The Hall–Kier alpha value is -2.77. The van der Waals surface area contributed by atoms with Crippen molar-refractivity contribution in [2.24, 2.45) is 0 Å². The molecule has 0 saturated carbocycles. The van der Waals surface area contributed by atoms with E-state index in [1.54, 1.807) is 18.2 Å². The van der Waals surface area contributed by atoms with Crippen molar-refractivity contribution in [3.63, 3.8) is 0 Å². The van der Waals surface area contributed by atoms with E-state index in [1.165, 1.54) is 0 Å². The number of carbonyl (C=O) groups is 1. The quantitative estimate of drug-likeness (QED) is 0.785. The fourth-order valence-corrected chi connectivity index (χ4v) is 2.27. The van der Waals surface area contributed by atoms with Gasteiger partial charge in [-0.25, -0.2) is 4.79 Å². The van der Waals surface area contributed by atoms with Gasteiger partial charge in [0.15, 0.2) is 0 Å². The smallest absolute Gasteiger partial charge is 0.407 e. The zero-order valence-electron chi connectivity index (χ0n) is 13.0. The van der Waals surface area contributed by atoms with Crippen molar-refractivity contribution in [3.05, 3.63) is 76.3 Å². The van der Waals surface area contributed by atoms with Crippen LogP contribution in [0.1, 0.15) is 23.1 Å². The lowest BCUT2D eigenvalue weighted by atomic mass is 10.1. The molecule has 0 saturated heterocycles. The van der Waals surface area contributed by atoms with Crippen molar-refractivity contribution in [2.75, 3.05) is 6.54 Å². The van der Waals surface area contributed by atoms with E-state index in [0.717, 1.165) is 11.1 Å². The second kappa shape index (κ2) is 9.39. The summed E-state index contributed by atoms with van der Waals surface area (Å²) in [5.41, 5.74) is 2.32. The van der Waals surface area contributed by atoms with Crippen LogP contribution >= 0.6 is 11.6 Å². The number of hydrogen-bond acceptors (Lipinski definition) is 3. The summed E-state index contributed by atoms with van der Waals surface area (Å²) >= 11 is 5.94. The predicted molar refractivity (Wildman–Crippen MR) is 94.4 cm³/mol. The van der Waals surface area contributed by atoms with Gasteiger partial charge in [0.2, 0.25) is 0 Å². The summed E-state index contributed by atoms with van der Waals surface area (Å²) in [5.74, 6) is 0. The fourth-order valence-electron chi connectivity index (χ4n) is 2.02. The highest BCUT2D eigenvalue weighted by molar-refractivity contribution is 6.30. The molecule has 2 aromatic carbocycles. The zero-order valence-corrected chi connectivity index (χ0v) is 13.8. The van der Waals surface area contributed by atoms with E-state index in [0.29, 0.717) is 23.6 Å². The van der Waals surface area contributed by atoms with Crippen LogP contribution in [-0.4, -0.2) is 12.6 Å². The van der Waals surface area contributed by atoms with E-state index < -0.39 is 6.09 Å².